The maximum Gasteiger partial charge on any atom is 0.175 e. The number of nitrogens with one attached hydrogen (secondary N) is 1. The molecule has 0 bridgehead atoms. The van der Waals surface area contributed by atoms with Gasteiger partial charge in [0, 0.05) is 12.8 Å². The third-order valence-electron chi connectivity index (χ3n) is 4.00. The van der Waals surface area contributed by atoms with E-state index in [1.807, 2.05) is 12.1 Å². The molecule has 116 valence electrons. The van der Waals surface area contributed by atoms with Crippen LogP contribution in [0.4, 0.5) is 0 Å². The SMILES string of the molecule is CC1=CC(C)CC(CNCc2ccc(S(C)(=O)=O)cc2)C1. The number of benzene rings is 1. The summed E-state index contributed by atoms with van der Waals surface area (Å²) in [6.45, 7) is 6.30. The zero-order valence-corrected chi connectivity index (χ0v) is 13.9. The number of sulfone groups is 1. The van der Waals surface area contributed by atoms with Crippen molar-refractivity contribution in [2.24, 2.45) is 11.8 Å². The molecule has 1 aliphatic carbocycles. The quantitative estimate of drug-likeness (QED) is 0.850. The van der Waals surface area contributed by atoms with E-state index in [-0.39, 0.29) is 0 Å². The van der Waals surface area contributed by atoms with Crippen molar-refractivity contribution in [1.29, 1.82) is 0 Å². The normalized spacial score (nSPS) is 22.9. The average Bonchev–Trinajstić information content (AvgIpc) is 2.37. The minimum atomic E-state index is -3.10. The van der Waals surface area contributed by atoms with Crippen molar-refractivity contribution >= 4 is 9.84 Å². The highest BCUT2D eigenvalue weighted by atomic mass is 32.2. The molecule has 3 nitrogen and oxygen atoms in total. The van der Waals surface area contributed by atoms with Crippen molar-refractivity contribution in [2.75, 3.05) is 12.8 Å². The third-order valence-corrected chi connectivity index (χ3v) is 5.13. The first-order chi connectivity index (χ1) is 9.84. The van der Waals surface area contributed by atoms with Crippen LogP contribution in [0.15, 0.2) is 40.8 Å². The number of hydrogen-bond donors (Lipinski definition) is 1. The molecule has 4 heteroatoms. The van der Waals surface area contributed by atoms with Crippen molar-refractivity contribution < 1.29 is 8.42 Å². The predicted octanol–water partition coefficient (Wildman–Crippen LogP) is 3.17. The van der Waals surface area contributed by atoms with Crippen LogP contribution in [0.3, 0.4) is 0 Å². The largest absolute Gasteiger partial charge is 0.312 e. The van der Waals surface area contributed by atoms with Crippen LogP contribution < -0.4 is 5.32 Å². The minimum absolute atomic E-state index is 0.383. The Labute approximate surface area is 128 Å². The van der Waals surface area contributed by atoms with E-state index < -0.39 is 9.84 Å². The van der Waals surface area contributed by atoms with Gasteiger partial charge in [-0.2, -0.15) is 0 Å². The lowest BCUT2D eigenvalue weighted by Gasteiger charge is -2.25. The van der Waals surface area contributed by atoms with E-state index in [1.165, 1.54) is 24.7 Å². The van der Waals surface area contributed by atoms with E-state index in [0.717, 1.165) is 18.7 Å². The summed E-state index contributed by atoms with van der Waals surface area (Å²) in [6.07, 6.45) is 6.04. The second-order valence-corrected chi connectivity index (χ2v) is 8.36. The van der Waals surface area contributed by atoms with E-state index in [2.05, 4.69) is 25.2 Å². The van der Waals surface area contributed by atoms with Gasteiger partial charge in [0.2, 0.25) is 0 Å². The maximum absolute atomic E-state index is 11.4. The van der Waals surface area contributed by atoms with Gasteiger partial charge in [0.25, 0.3) is 0 Å². The molecular formula is C17H25NO2S. The maximum atomic E-state index is 11.4. The van der Waals surface area contributed by atoms with Gasteiger partial charge in [-0.15, -0.1) is 0 Å². The van der Waals surface area contributed by atoms with Crippen molar-refractivity contribution in [3.05, 3.63) is 41.5 Å². The summed E-state index contributed by atoms with van der Waals surface area (Å²) < 4.78 is 22.8. The molecule has 2 atom stereocenters. The molecule has 0 radical (unpaired) electrons. The Morgan fingerprint density at radius 3 is 2.48 bits per heavy atom. The monoisotopic (exact) mass is 307 g/mol. The highest BCUT2D eigenvalue weighted by Gasteiger charge is 2.17. The Balaban J connectivity index is 1.83. The van der Waals surface area contributed by atoms with E-state index in [1.54, 1.807) is 12.1 Å². The van der Waals surface area contributed by atoms with Crippen LogP contribution in [0.25, 0.3) is 0 Å². The lowest BCUT2D eigenvalue weighted by atomic mass is 9.84. The molecule has 1 N–H and O–H groups in total. The molecule has 0 saturated heterocycles. The second kappa shape index (κ2) is 6.75. The molecule has 21 heavy (non-hydrogen) atoms. The molecule has 0 amide bonds. The minimum Gasteiger partial charge on any atom is -0.312 e. The smallest absolute Gasteiger partial charge is 0.175 e. The van der Waals surface area contributed by atoms with Gasteiger partial charge in [-0.3, -0.25) is 0 Å². The molecule has 0 fully saturated rings. The van der Waals surface area contributed by atoms with Crippen LogP contribution in [0.2, 0.25) is 0 Å². The van der Waals surface area contributed by atoms with Gasteiger partial charge in [-0.05, 0) is 55.8 Å². The fourth-order valence-electron chi connectivity index (χ4n) is 3.12. The van der Waals surface area contributed by atoms with Gasteiger partial charge in [0.1, 0.15) is 0 Å². The van der Waals surface area contributed by atoms with Crippen LogP contribution >= 0.6 is 0 Å². The molecule has 1 aromatic carbocycles. The molecule has 0 aliphatic heterocycles. The zero-order chi connectivity index (χ0) is 15.5. The number of rotatable bonds is 5. The molecule has 0 saturated carbocycles. The van der Waals surface area contributed by atoms with Crippen LogP contribution in [-0.4, -0.2) is 21.2 Å². The Hall–Kier alpha value is -1.13. The van der Waals surface area contributed by atoms with Crippen molar-refractivity contribution in [3.8, 4) is 0 Å². The molecule has 2 rings (SSSR count). The van der Waals surface area contributed by atoms with Crippen LogP contribution in [-0.2, 0) is 16.4 Å². The molecule has 2 unspecified atom stereocenters. The van der Waals surface area contributed by atoms with Crippen molar-refractivity contribution in [2.45, 2.75) is 38.1 Å². The zero-order valence-electron chi connectivity index (χ0n) is 13.1. The van der Waals surface area contributed by atoms with E-state index in [4.69, 9.17) is 0 Å². The summed E-state index contributed by atoms with van der Waals surface area (Å²) in [5.41, 5.74) is 2.62. The fraction of sp³-hybridized carbons (Fsp3) is 0.529. The molecule has 1 aromatic rings. The topological polar surface area (TPSA) is 46.2 Å². The lowest BCUT2D eigenvalue weighted by Crippen LogP contribution is -2.25. The molecular weight excluding hydrogens is 282 g/mol. The van der Waals surface area contributed by atoms with E-state index in [9.17, 15) is 8.42 Å². The molecule has 0 aromatic heterocycles. The summed E-state index contributed by atoms with van der Waals surface area (Å²) in [4.78, 5) is 0.383. The number of allylic oxidation sites excluding steroid dienone is 2. The van der Waals surface area contributed by atoms with Gasteiger partial charge in [-0.1, -0.05) is 30.7 Å². The van der Waals surface area contributed by atoms with Gasteiger partial charge >= 0.3 is 0 Å². The summed E-state index contributed by atoms with van der Waals surface area (Å²) >= 11 is 0. The van der Waals surface area contributed by atoms with E-state index in [0.29, 0.717) is 16.7 Å². The molecule has 1 aliphatic rings. The Bertz CT molecular complexity index is 602. The lowest BCUT2D eigenvalue weighted by molar-refractivity contribution is 0.381. The van der Waals surface area contributed by atoms with Crippen LogP contribution in [0.1, 0.15) is 32.3 Å². The summed E-state index contributed by atoms with van der Waals surface area (Å²) in [5.74, 6) is 1.39. The van der Waals surface area contributed by atoms with Gasteiger partial charge in [0.05, 0.1) is 4.90 Å². The highest BCUT2D eigenvalue weighted by Crippen LogP contribution is 2.27. The first-order valence-electron chi connectivity index (χ1n) is 7.51. The van der Waals surface area contributed by atoms with E-state index >= 15 is 0 Å². The first kappa shape index (κ1) is 16.2. The number of hydrogen-bond acceptors (Lipinski definition) is 3. The fourth-order valence-corrected chi connectivity index (χ4v) is 3.75. The second-order valence-electron chi connectivity index (χ2n) is 6.34. The third kappa shape index (κ3) is 4.97. The Morgan fingerprint density at radius 2 is 1.90 bits per heavy atom. The standard InChI is InChI=1S/C17H25NO2S/c1-13-8-14(2)10-16(9-13)12-18-11-15-4-6-17(7-5-15)21(3,19)20/h4-8,13,16,18H,9-12H2,1-3H3. The van der Waals surface area contributed by atoms with Gasteiger partial charge in [0.15, 0.2) is 9.84 Å². The summed E-state index contributed by atoms with van der Waals surface area (Å²) in [6, 6.07) is 7.14. The first-order valence-corrected chi connectivity index (χ1v) is 9.41. The summed E-state index contributed by atoms with van der Waals surface area (Å²) in [5, 5.41) is 3.49. The van der Waals surface area contributed by atoms with Crippen molar-refractivity contribution in [3.63, 3.8) is 0 Å². The summed E-state index contributed by atoms with van der Waals surface area (Å²) in [7, 11) is -3.10. The highest BCUT2D eigenvalue weighted by molar-refractivity contribution is 7.90. The van der Waals surface area contributed by atoms with Crippen LogP contribution in [0.5, 0.6) is 0 Å². The molecule has 0 spiro atoms. The van der Waals surface area contributed by atoms with Crippen LogP contribution in [0, 0.1) is 11.8 Å². The van der Waals surface area contributed by atoms with Gasteiger partial charge in [-0.25, -0.2) is 8.42 Å². The average molecular weight is 307 g/mol. The Morgan fingerprint density at radius 1 is 1.24 bits per heavy atom. The predicted molar refractivity (Wildman–Crippen MR) is 86.9 cm³/mol. The van der Waals surface area contributed by atoms with Crippen molar-refractivity contribution in [1.82, 2.24) is 5.32 Å². The Kier molecular flexibility index (Phi) is 5.22. The van der Waals surface area contributed by atoms with Gasteiger partial charge < -0.3 is 5.32 Å². The molecule has 0 heterocycles.